The van der Waals surface area contributed by atoms with Crippen LogP contribution in [-0.2, 0) is 10.0 Å². The maximum atomic E-state index is 13.2. The van der Waals surface area contributed by atoms with Crippen molar-refractivity contribution in [2.45, 2.75) is 38.6 Å². The molecule has 0 aliphatic heterocycles. The Morgan fingerprint density at radius 1 is 0.744 bits per heavy atom. The third-order valence-corrected chi connectivity index (χ3v) is 7.80. The summed E-state index contributed by atoms with van der Waals surface area (Å²) in [6, 6.07) is 26.0. The van der Waals surface area contributed by atoms with Gasteiger partial charge in [-0.3, -0.25) is 14.3 Å². The van der Waals surface area contributed by atoms with Crippen molar-refractivity contribution < 1.29 is 18.0 Å². The quantitative estimate of drug-likeness (QED) is 0.249. The lowest BCUT2D eigenvalue weighted by Crippen LogP contribution is -2.28. The lowest BCUT2D eigenvalue weighted by Gasteiger charge is -2.17. The average Bonchev–Trinajstić information content (AvgIpc) is 2.88. The number of para-hydroxylation sites is 1. The van der Waals surface area contributed by atoms with Crippen LogP contribution in [0.3, 0.4) is 0 Å². The molecular weight excluding hydrogens is 510 g/mol. The summed E-state index contributed by atoms with van der Waals surface area (Å²) < 4.78 is 29.1. The molecule has 0 bridgehead atoms. The van der Waals surface area contributed by atoms with Crippen LogP contribution < -0.4 is 15.4 Å². The van der Waals surface area contributed by atoms with Gasteiger partial charge in [0, 0.05) is 11.3 Å². The van der Waals surface area contributed by atoms with Gasteiger partial charge in [-0.25, -0.2) is 8.42 Å². The smallest absolute Gasteiger partial charge is 0.262 e. The van der Waals surface area contributed by atoms with Gasteiger partial charge in [0.2, 0.25) is 0 Å². The summed E-state index contributed by atoms with van der Waals surface area (Å²) in [5.41, 5.74) is 4.52. The van der Waals surface area contributed by atoms with Crippen molar-refractivity contribution in [3.05, 3.63) is 124 Å². The molecule has 3 N–H and O–H groups in total. The number of aryl methyl sites for hydroxylation is 3. The fraction of sp³-hybridized carbons (Fsp3) is 0.161. The Morgan fingerprint density at radius 3 is 2.08 bits per heavy atom. The Bertz CT molecular complexity index is 1610. The molecule has 0 saturated heterocycles. The van der Waals surface area contributed by atoms with Crippen molar-refractivity contribution in [1.29, 1.82) is 0 Å². The topological polar surface area (TPSA) is 104 Å². The number of amides is 2. The first-order valence-electron chi connectivity index (χ1n) is 12.5. The van der Waals surface area contributed by atoms with Crippen LogP contribution in [0, 0.1) is 20.8 Å². The van der Waals surface area contributed by atoms with Crippen molar-refractivity contribution in [2.24, 2.45) is 0 Å². The summed E-state index contributed by atoms with van der Waals surface area (Å²) in [6.07, 6.45) is 0. The van der Waals surface area contributed by atoms with Crippen LogP contribution in [0.5, 0.6) is 0 Å². The minimum atomic E-state index is -3.96. The molecule has 7 nitrogen and oxygen atoms in total. The van der Waals surface area contributed by atoms with Crippen molar-refractivity contribution in [1.82, 2.24) is 5.32 Å². The lowest BCUT2D eigenvalue weighted by molar-refractivity contribution is 0.0940. The highest BCUT2D eigenvalue weighted by molar-refractivity contribution is 7.92. The van der Waals surface area contributed by atoms with Crippen LogP contribution in [0.25, 0.3) is 0 Å². The number of carbonyl (C=O) groups is 2. The van der Waals surface area contributed by atoms with Crippen molar-refractivity contribution >= 4 is 33.2 Å². The Kier molecular flexibility index (Phi) is 8.16. The zero-order valence-electron chi connectivity index (χ0n) is 22.3. The summed E-state index contributed by atoms with van der Waals surface area (Å²) >= 11 is 0. The molecule has 2 amide bonds. The van der Waals surface area contributed by atoms with Gasteiger partial charge < -0.3 is 10.6 Å². The van der Waals surface area contributed by atoms with E-state index < -0.39 is 15.9 Å². The van der Waals surface area contributed by atoms with Gasteiger partial charge in [0.25, 0.3) is 21.8 Å². The second kappa shape index (κ2) is 11.5. The summed E-state index contributed by atoms with van der Waals surface area (Å²) in [6.45, 7) is 7.34. The fourth-order valence-corrected chi connectivity index (χ4v) is 5.67. The molecule has 0 fully saturated rings. The third kappa shape index (κ3) is 6.72. The zero-order valence-corrected chi connectivity index (χ0v) is 23.1. The molecule has 0 aliphatic carbocycles. The fourth-order valence-electron chi connectivity index (χ4n) is 4.36. The highest BCUT2D eigenvalue weighted by atomic mass is 32.2. The molecule has 1 atom stereocenters. The summed E-state index contributed by atoms with van der Waals surface area (Å²) in [5, 5.41) is 5.72. The molecule has 39 heavy (non-hydrogen) atoms. The van der Waals surface area contributed by atoms with Gasteiger partial charge in [0.15, 0.2) is 0 Å². The minimum Gasteiger partial charge on any atom is -0.345 e. The molecular formula is C31H31N3O4S. The molecule has 4 aromatic rings. The SMILES string of the molecule is Cc1cc(C)cc(NS(=O)(=O)c2cc(C(=O)Nc3ccccc3C(=O)N[C@@H](C)c3ccccc3)ccc2C)c1. The molecule has 4 rings (SSSR count). The van der Waals surface area contributed by atoms with Gasteiger partial charge in [-0.15, -0.1) is 0 Å². The Balaban J connectivity index is 1.55. The van der Waals surface area contributed by atoms with Crippen LogP contribution in [0.2, 0.25) is 0 Å². The van der Waals surface area contributed by atoms with Gasteiger partial charge in [0.05, 0.1) is 22.2 Å². The third-order valence-electron chi connectivity index (χ3n) is 6.28. The highest BCUT2D eigenvalue weighted by Gasteiger charge is 2.21. The Hall–Kier alpha value is -4.43. The number of hydrogen-bond acceptors (Lipinski definition) is 4. The van der Waals surface area contributed by atoms with Gasteiger partial charge in [0.1, 0.15) is 0 Å². The maximum Gasteiger partial charge on any atom is 0.262 e. The van der Waals surface area contributed by atoms with E-state index in [0.29, 0.717) is 22.5 Å². The highest BCUT2D eigenvalue weighted by Crippen LogP contribution is 2.24. The second-order valence-electron chi connectivity index (χ2n) is 9.57. The lowest BCUT2D eigenvalue weighted by atomic mass is 10.1. The molecule has 0 spiro atoms. The van der Waals surface area contributed by atoms with E-state index in [1.807, 2.05) is 57.2 Å². The largest absolute Gasteiger partial charge is 0.345 e. The molecule has 0 radical (unpaired) electrons. The summed E-state index contributed by atoms with van der Waals surface area (Å²) in [4.78, 5) is 26.3. The second-order valence-corrected chi connectivity index (χ2v) is 11.2. The maximum absolute atomic E-state index is 13.2. The molecule has 0 unspecified atom stereocenters. The van der Waals surface area contributed by atoms with Crippen LogP contribution in [0.15, 0.2) is 95.9 Å². The van der Waals surface area contributed by atoms with E-state index in [-0.39, 0.29) is 22.4 Å². The van der Waals surface area contributed by atoms with Crippen LogP contribution >= 0.6 is 0 Å². The average molecular weight is 542 g/mol. The number of benzene rings is 4. The van der Waals surface area contributed by atoms with Crippen molar-refractivity contribution in [3.63, 3.8) is 0 Å². The van der Waals surface area contributed by atoms with E-state index in [0.717, 1.165) is 16.7 Å². The van der Waals surface area contributed by atoms with Crippen LogP contribution in [-0.4, -0.2) is 20.2 Å². The van der Waals surface area contributed by atoms with Gasteiger partial charge in [-0.2, -0.15) is 0 Å². The van der Waals surface area contributed by atoms with Crippen LogP contribution in [0.4, 0.5) is 11.4 Å². The normalized spacial score (nSPS) is 11.9. The van der Waals surface area contributed by atoms with E-state index in [2.05, 4.69) is 15.4 Å². The Morgan fingerprint density at radius 2 is 1.38 bits per heavy atom. The molecule has 0 heterocycles. The molecule has 8 heteroatoms. The molecule has 0 aromatic heterocycles. The van der Waals surface area contributed by atoms with Crippen molar-refractivity contribution in [3.8, 4) is 0 Å². The summed E-state index contributed by atoms with van der Waals surface area (Å²) in [5.74, 6) is -0.874. The first-order chi connectivity index (χ1) is 18.5. The zero-order chi connectivity index (χ0) is 28.2. The van der Waals surface area contributed by atoms with E-state index in [4.69, 9.17) is 0 Å². The van der Waals surface area contributed by atoms with Crippen molar-refractivity contribution in [2.75, 3.05) is 10.0 Å². The van der Waals surface area contributed by atoms with E-state index in [9.17, 15) is 18.0 Å². The first kappa shape index (κ1) is 27.6. The predicted molar refractivity (Wildman–Crippen MR) is 155 cm³/mol. The van der Waals surface area contributed by atoms with Gasteiger partial charge in [-0.05, 0) is 86.3 Å². The molecule has 4 aromatic carbocycles. The number of nitrogens with one attached hydrogen (secondary N) is 3. The number of rotatable bonds is 8. The molecule has 200 valence electrons. The number of sulfonamides is 1. The monoisotopic (exact) mass is 541 g/mol. The standard InChI is InChI=1S/C31H31N3O4S/c1-20-16-21(2)18-26(17-20)34-39(37,38)29-19-25(15-14-22(29)3)30(35)33-28-13-9-8-12-27(28)31(36)32-23(4)24-10-6-5-7-11-24/h5-19,23,34H,1-4H3,(H,32,36)(H,33,35)/t23-/m0/s1. The first-order valence-corrected chi connectivity index (χ1v) is 14.0. The summed E-state index contributed by atoms with van der Waals surface area (Å²) in [7, 11) is -3.96. The molecule has 0 saturated carbocycles. The van der Waals surface area contributed by atoms with Crippen LogP contribution in [0.1, 0.15) is 55.9 Å². The predicted octanol–water partition coefficient (Wildman–Crippen LogP) is 6.16. The number of anilines is 2. The van der Waals surface area contributed by atoms with E-state index in [1.54, 1.807) is 55.5 Å². The van der Waals surface area contributed by atoms with E-state index >= 15 is 0 Å². The number of carbonyl (C=O) groups excluding carboxylic acids is 2. The molecule has 0 aliphatic rings. The van der Waals surface area contributed by atoms with Gasteiger partial charge in [-0.1, -0.05) is 54.6 Å². The number of hydrogen-bond donors (Lipinski definition) is 3. The Labute approximate surface area is 229 Å². The van der Waals surface area contributed by atoms with Gasteiger partial charge >= 0.3 is 0 Å². The minimum absolute atomic E-state index is 0.00276. The van der Waals surface area contributed by atoms with E-state index in [1.165, 1.54) is 6.07 Å².